The first-order valence-electron chi connectivity index (χ1n) is 12.2. The van der Waals surface area contributed by atoms with Gasteiger partial charge in [0, 0.05) is 37.8 Å². The highest BCUT2D eigenvalue weighted by Crippen LogP contribution is 2.42. The van der Waals surface area contributed by atoms with Gasteiger partial charge in [0.2, 0.25) is 24.5 Å². The molecule has 2 atom stereocenters. The van der Waals surface area contributed by atoms with Gasteiger partial charge in [0.25, 0.3) is 0 Å². The highest BCUT2D eigenvalue weighted by molar-refractivity contribution is 6.10. The van der Waals surface area contributed by atoms with Crippen molar-refractivity contribution in [2.75, 3.05) is 13.3 Å². The van der Waals surface area contributed by atoms with Gasteiger partial charge in [-0.05, 0) is 42.3 Å². The second-order valence-corrected chi connectivity index (χ2v) is 9.66. The minimum Gasteiger partial charge on any atom is -0.454 e. The average molecular weight is 486 g/mol. The zero-order chi connectivity index (χ0) is 24.9. The lowest BCUT2D eigenvalue weighted by Crippen LogP contribution is -2.46. The molecule has 36 heavy (non-hydrogen) atoms. The molecule has 2 aromatic carbocycles. The normalized spacial score (nSPS) is 22.8. The van der Waals surface area contributed by atoms with Crippen molar-refractivity contribution < 1.29 is 23.9 Å². The number of fused-ring (bicyclic) bond motifs is 2. The van der Waals surface area contributed by atoms with Crippen LogP contribution in [0, 0.1) is 0 Å². The first-order valence-corrected chi connectivity index (χ1v) is 12.2. The molecule has 8 nitrogen and oxygen atoms in total. The molecule has 4 heterocycles. The van der Waals surface area contributed by atoms with Gasteiger partial charge in [0.15, 0.2) is 11.5 Å². The molecule has 8 heteroatoms. The lowest BCUT2D eigenvalue weighted by Gasteiger charge is -2.37. The van der Waals surface area contributed by atoms with Gasteiger partial charge in [-0.15, -0.1) is 0 Å². The summed E-state index contributed by atoms with van der Waals surface area (Å²) in [5.74, 6) is 0.501. The number of ether oxygens (including phenoxy) is 2. The van der Waals surface area contributed by atoms with Crippen molar-refractivity contribution in [3.05, 3.63) is 83.7 Å². The Balaban J connectivity index is 1.30. The van der Waals surface area contributed by atoms with Crippen molar-refractivity contribution in [3.8, 4) is 11.5 Å². The zero-order valence-corrected chi connectivity index (χ0v) is 20.1. The molecule has 0 spiro atoms. The second-order valence-electron chi connectivity index (χ2n) is 9.66. The number of aromatic nitrogens is 1. The van der Waals surface area contributed by atoms with Gasteiger partial charge in [0.05, 0.1) is 18.0 Å². The Morgan fingerprint density at radius 2 is 1.81 bits per heavy atom. The molecule has 1 aromatic heterocycles. The molecule has 0 aliphatic carbocycles. The van der Waals surface area contributed by atoms with Gasteiger partial charge in [-0.1, -0.05) is 36.4 Å². The lowest BCUT2D eigenvalue weighted by atomic mass is 9.75. The molecule has 0 saturated carbocycles. The van der Waals surface area contributed by atoms with E-state index in [2.05, 4.69) is 4.57 Å². The van der Waals surface area contributed by atoms with Crippen LogP contribution in [0.15, 0.2) is 66.9 Å². The van der Waals surface area contributed by atoms with E-state index in [0.717, 1.165) is 11.3 Å². The van der Waals surface area contributed by atoms with Gasteiger partial charge < -0.3 is 18.9 Å². The molecule has 184 valence electrons. The van der Waals surface area contributed by atoms with E-state index < -0.39 is 5.41 Å². The van der Waals surface area contributed by atoms with Gasteiger partial charge in [-0.2, -0.15) is 0 Å². The molecular weight excluding hydrogens is 458 g/mol. The maximum Gasteiger partial charge on any atom is 0.241 e. The second kappa shape index (κ2) is 8.55. The van der Waals surface area contributed by atoms with E-state index in [9.17, 15) is 14.4 Å². The SMILES string of the molecule is CC1c2cccn2CCN1C(=O)CC1(c2ccccc2)CC(=O)N(Cc2ccc3c(c2)OCO3)C1=O. The molecule has 3 aliphatic rings. The van der Waals surface area contributed by atoms with Crippen LogP contribution >= 0.6 is 0 Å². The van der Waals surface area contributed by atoms with Crippen LogP contribution in [0.3, 0.4) is 0 Å². The number of imide groups is 1. The van der Waals surface area contributed by atoms with E-state index in [-0.39, 0.29) is 49.9 Å². The Labute approximate surface area is 209 Å². The first kappa shape index (κ1) is 22.4. The topological polar surface area (TPSA) is 81.1 Å². The van der Waals surface area contributed by atoms with Crippen LogP contribution < -0.4 is 9.47 Å². The van der Waals surface area contributed by atoms with Gasteiger partial charge in [-0.3, -0.25) is 19.3 Å². The number of hydrogen-bond donors (Lipinski definition) is 0. The number of likely N-dealkylation sites (tertiary alicyclic amines) is 1. The maximum absolute atomic E-state index is 14.0. The van der Waals surface area contributed by atoms with E-state index in [0.29, 0.717) is 30.2 Å². The van der Waals surface area contributed by atoms with Gasteiger partial charge >= 0.3 is 0 Å². The van der Waals surface area contributed by atoms with Crippen LogP contribution in [-0.2, 0) is 32.9 Å². The molecule has 6 rings (SSSR count). The van der Waals surface area contributed by atoms with Crippen molar-refractivity contribution in [1.82, 2.24) is 14.4 Å². The third-order valence-electron chi connectivity index (χ3n) is 7.63. The number of carbonyl (C=O) groups is 3. The molecule has 0 bridgehead atoms. The quantitative estimate of drug-likeness (QED) is 0.518. The molecule has 3 aromatic rings. The Morgan fingerprint density at radius 3 is 2.64 bits per heavy atom. The van der Waals surface area contributed by atoms with E-state index >= 15 is 0 Å². The van der Waals surface area contributed by atoms with E-state index in [1.54, 1.807) is 12.1 Å². The fourth-order valence-corrected chi connectivity index (χ4v) is 5.68. The van der Waals surface area contributed by atoms with E-state index in [1.165, 1.54) is 4.90 Å². The number of hydrogen-bond acceptors (Lipinski definition) is 5. The lowest BCUT2D eigenvalue weighted by molar-refractivity contribution is -0.144. The summed E-state index contributed by atoms with van der Waals surface area (Å²) in [5.41, 5.74) is 1.30. The third-order valence-corrected chi connectivity index (χ3v) is 7.63. The molecular formula is C28H27N3O5. The first-order chi connectivity index (χ1) is 17.5. The number of carbonyl (C=O) groups excluding carboxylic acids is 3. The van der Waals surface area contributed by atoms with Gasteiger partial charge in [-0.25, -0.2) is 0 Å². The van der Waals surface area contributed by atoms with Crippen LogP contribution in [0.1, 0.15) is 42.6 Å². The summed E-state index contributed by atoms with van der Waals surface area (Å²) in [7, 11) is 0. The largest absolute Gasteiger partial charge is 0.454 e. The Hall–Kier alpha value is -4.07. The standard InChI is InChI=1S/C28H27N3O5/c1-19-22-8-5-11-29(22)12-13-30(19)25(32)15-28(21-6-3-2-4-7-21)16-26(33)31(27(28)34)17-20-9-10-23-24(14-20)36-18-35-23/h2-11,14,19H,12-13,15-18H2,1H3. The molecule has 3 amide bonds. The predicted molar refractivity (Wildman–Crippen MR) is 130 cm³/mol. The Bertz CT molecular complexity index is 1350. The van der Waals surface area contributed by atoms with Crippen molar-refractivity contribution >= 4 is 17.7 Å². The number of nitrogens with zero attached hydrogens (tertiary/aromatic N) is 3. The summed E-state index contributed by atoms with van der Waals surface area (Å²) in [5, 5.41) is 0. The van der Waals surface area contributed by atoms with Crippen LogP contribution in [0.2, 0.25) is 0 Å². The van der Waals surface area contributed by atoms with Crippen molar-refractivity contribution in [2.24, 2.45) is 0 Å². The van der Waals surface area contributed by atoms with Crippen LogP contribution in [0.4, 0.5) is 0 Å². The molecule has 0 radical (unpaired) electrons. The fourth-order valence-electron chi connectivity index (χ4n) is 5.68. The smallest absolute Gasteiger partial charge is 0.241 e. The van der Waals surface area contributed by atoms with Crippen molar-refractivity contribution in [1.29, 1.82) is 0 Å². The summed E-state index contributed by atoms with van der Waals surface area (Å²) in [6.45, 7) is 3.55. The zero-order valence-electron chi connectivity index (χ0n) is 20.1. The molecule has 2 unspecified atom stereocenters. The number of rotatable bonds is 5. The minimum absolute atomic E-state index is 0.0370. The molecule has 3 aliphatic heterocycles. The summed E-state index contributed by atoms with van der Waals surface area (Å²) in [6.07, 6.45) is 1.93. The molecule has 0 N–H and O–H groups in total. The van der Waals surface area contributed by atoms with Crippen LogP contribution in [-0.4, -0.2) is 45.4 Å². The third kappa shape index (κ3) is 3.56. The Morgan fingerprint density at radius 1 is 1.00 bits per heavy atom. The average Bonchev–Trinajstić information content (AvgIpc) is 3.61. The van der Waals surface area contributed by atoms with Gasteiger partial charge in [0.1, 0.15) is 0 Å². The van der Waals surface area contributed by atoms with E-state index in [1.807, 2.05) is 66.6 Å². The van der Waals surface area contributed by atoms with Crippen LogP contribution in [0.5, 0.6) is 11.5 Å². The molecule has 1 saturated heterocycles. The van der Waals surface area contributed by atoms with Crippen LogP contribution in [0.25, 0.3) is 0 Å². The van der Waals surface area contributed by atoms with Crippen molar-refractivity contribution in [3.63, 3.8) is 0 Å². The fraction of sp³-hybridized carbons (Fsp3) is 0.321. The number of benzene rings is 2. The summed E-state index contributed by atoms with van der Waals surface area (Å²) in [6, 6.07) is 18.5. The summed E-state index contributed by atoms with van der Waals surface area (Å²) >= 11 is 0. The summed E-state index contributed by atoms with van der Waals surface area (Å²) in [4.78, 5) is 44.1. The number of amides is 3. The monoisotopic (exact) mass is 485 g/mol. The summed E-state index contributed by atoms with van der Waals surface area (Å²) < 4.78 is 13.0. The Kier molecular flexibility index (Phi) is 5.32. The molecule has 1 fully saturated rings. The highest BCUT2D eigenvalue weighted by Gasteiger charge is 2.54. The highest BCUT2D eigenvalue weighted by atomic mass is 16.7. The van der Waals surface area contributed by atoms with E-state index in [4.69, 9.17) is 9.47 Å². The maximum atomic E-state index is 14.0. The van der Waals surface area contributed by atoms with Crippen molar-refractivity contribution in [2.45, 2.75) is 44.3 Å². The minimum atomic E-state index is -1.23. The predicted octanol–water partition coefficient (Wildman–Crippen LogP) is 3.41.